The summed E-state index contributed by atoms with van der Waals surface area (Å²) in [5.74, 6) is 0.605. The minimum absolute atomic E-state index is 0.174. The van der Waals surface area contributed by atoms with Crippen LogP contribution >= 0.6 is 0 Å². The van der Waals surface area contributed by atoms with Gasteiger partial charge in [-0.2, -0.15) is 0 Å². The van der Waals surface area contributed by atoms with Crippen molar-refractivity contribution in [1.29, 1.82) is 0 Å². The largest absolute Gasteiger partial charge is 0.390 e. The molecule has 0 saturated heterocycles. The summed E-state index contributed by atoms with van der Waals surface area (Å²) in [5.41, 5.74) is 4.37. The Hall–Kier alpha value is -2.84. The molecular weight excluding hydrogens is 404 g/mol. The van der Waals surface area contributed by atoms with Gasteiger partial charge in [-0.25, -0.2) is 4.99 Å². The summed E-state index contributed by atoms with van der Waals surface area (Å²) >= 11 is 0. The molecule has 3 aliphatic rings. The SMILES string of the molecule is CN1CN=C(NC2CCC2)C=C1C(=O)NCC(O)CN1CCc2[nH]c3ccccc3c2C1. The van der Waals surface area contributed by atoms with E-state index in [0.717, 1.165) is 38.2 Å². The minimum Gasteiger partial charge on any atom is -0.390 e. The van der Waals surface area contributed by atoms with E-state index >= 15 is 0 Å². The van der Waals surface area contributed by atoms with Crippen LogP contribution in [0.25, 0.3) is 10.9 Å². The second-order valence-corrected chi connectivity index (χ2v) is 9.16. The molecule has 0 radical (unpaired) electrons. The number of hydrogen-bond acceptors (Lipinski definition) is 6. The van der Waals surface area contributed by atoms with Crippen LogP contribution in [0.1, 0.15) is 30.5 Å². The average Bonchev–Trinajstić information content (AvgIpc) is 3.13. The molecule has 1 aromatic heterocycles. The number of aliphatic hydroxyl groups is 1. The highest BCUT2D eigenvalue weighted by atomic mass is 16.3. The second-order valence-electron chi connectivity index (χ2n) is 9.16. The van der Waals surface area contributed by atoms with Crippen molar-refractivity contribution < 1.29 is 9.90 Å². The first-order chi connectivity index (χ1) is 15.6. The Balaban J connectivity index is 1.14. The molecule has 1 atom stereocenters. The van der Waals surface area contributed by atoms with Crippen molar-refractivity contribution in [3.63, 3.8) is 0 Å². The second kappa shape index (κ2) is 8.96. The van der Waals surface area contributed by atoms with E-state index in [4.69, 9.17) is 0 Å². The Morgan fingerprint density at radius 2 is 2.19 bits per heavy atom. The highest BCUT2D eigenvalue weighted by Crippen LogP contribution is 2.27. The Morgan fingerprint density at radius 3 is 3.00 bits per heavy atom. The van der Waals surface area contributed by atoms with Crippen LogP contribution in [0.15, 0.2) is 41.0 Å². The highest BCUT2D eigenvalue weighted by molar-refractivity contribution is 6.03. The number of carbonyl (C=O) groups is 1. The lowest BCUT2D eigenvalue weighted by atomic mass is 9.93. The van der Waals surface area contributed by atoms with Gasteiger partial charge in [0.25, 0.3) is 5.91 Å². The molecule has 1 saturated carbocycles. The van der Waals surface area contributed by atoms with Gasteiger partial charge in [0, 0.05) is 68.4 Å². The van der Waals surface area contributed by atoms with Crippen LogP contribution in [0, 0.1) is 0 Å². The number of amides is 1. The number of fused-ring (bicyclic) bond motifs is 3. The summed E-state index contributed by atoms with van der Waals surface area (Å²) < 4.78 is 0. The van der Waals surface area contributed by atoms with Gasteiger partial charge >= 0.3 is 0 Å². The monoisotopic (exact) mass is 436 g/mol. The lowest BCUT2D eigenvalue weighted by Crippen LogP contribution is -2.45. The zero-order chi connectivity index (χ0) is 22.1. The number of nitrogens with one attached hydrogen (secondary N) is 3. The summed E-state index contributed by atoms with van der Waals surface area (Å²) in [6.45, 7) is 2.92. The summed E-state index contributed by atoms with van der Waals surface area (Å²) in [6, 6.07) is 8.84. The number of aliphatic hydroxyl groups excluding tert-OH is 1. The molecule has 1 aromatic carbocycles. The first-order valence-corrected chi connectivity index (χ1v) is 11.6. The van der Waals surface area contributed by atoms with Crippen molar-refractivity contribution in [1.82, 2.24) is 25.4 Å². The van der Waals surface area contributed by atoms with Gasteiger partial charge < -0.3 is 25.6 Å². The molecule has 1 fully saturated rings. The molecule has 0 bridgehead atoms. The number of benzene rings is 1. The predicted octanol–water partition coefficient (Wildman–Crippen LogP) is 1.33. The first-order valence-electron chi connectivity index (χ1n) is 11.6. The number of amidine groups is 1. The van der Waals surface area contributed by atoms with Crippen LogP contribution in [0.2, 0.25) is 0 Å². The van der Waals surface area contributed by atoms with E-state index in [1.54, 1.807) is 0 Å². The third-order valence-electron chi connectivity index (χ3n) is 6.76. The zero-order valence-electron chi connectivity index (χ0n) is 18.6. The zero-order valence-corrected chi connectivity index (χ0v) is 18.6. The number of rotatable bonds is 6. The van der Waals surface area contributed by atoms with E-state index in [0.29, 0.717) is 25.0 Å². The highest BCUT2D eigenvalue weighted by Gasteiger charge is 2.25. The van der Waals surface area contributed by atoms with E-state index in [-0.39, 0.29) is 12.5 Å². The fraction of sp³-hybridized carbons (Fsp3) is 0.500. The number of likely N-dealkylation sites (N-methyl/N-ethyl adjacent to an activating group) is 1. The lowest BCUT2D eigenvalue weighted by molar-refractivity contribution is -0.119. The topological polar surface area (TPSA) is 96.0 Å². The van der Waals surface area contributed by atoms with Crippen LogP contribution < -0.4 is 10.6 Å². The van der Waals surface area contributed by atoms with Crippen LogP contribution in [-0.4, -0.2) is 77.1 Å². The smallest absolute Gasteiger partial charge is 0.267 e. The van der Waals surface area contributed by atoms with Gasteiger partial charge in [0.1, 0.15) is 18.2 Å². The van der Waals surface area contributed by atoms with Crippen LogP contribution in [0.5, 0.6) is 0 Å². The number of nitrogens with zero attached hydrogens (tertiary/aromatic N) is 3. The van der Waals surface area contributed by atoms with Crippen molar-refractivity contribution in [2.24, 2.45) is 4.99 Å². The number of hydrogen-bond donors (Lipinski definition) is 4. The first kappa shape index (κ1) is 21.0. The van der Waals surface area contributed by atoms with E-state index in [1.807, 2.05) is 24.1 Å². The number of aromatic nitrogens is 1. The van der Waals surface area contributed by atoms with E-state index in [1.165, 1.54) is 28.6 Å². The molecule has 3 heterocycles. The van der Waals surface area contributed by atoms with Crippen molar-refractivity contribution in [2.75, 3.05) is 33.4 Å². The van der Waals surface area contributed by atoms with Crippen molar-refractivity contribution >= 4 is 22.6 Å². The van der Waals surface area contributed by atoms with E-state index in [9.17, 15) is 9.90 Å². The fourth-order valence-corrected chi connectivity index (χ4v) is 4.67. The van der Waals surface area contributed by atoms with Gasteiger partial charge in [0.05, 0.1) is 6.10 Å². The molecule has 1 aliphatic carbocycles. The third-order valence-corrected chi connectivity index (χ3v) is 6.76. The maximum absolute atomic E-state index is 12.8. The van der Waals surface area contributed by atoms with Crippen molar-refractivity contribution in [3.8, 4) is 0 Å². The van der Waals surface area contributed by atoms with E-state index in [2.05, 4.69) is 43.7 Å². The number of β-amino-alcohol motifs (C(OH)–C–C–N with tert-alkyl or cyclic N) is 1. The summed E-state index contributed by atoms with van der Waals surface area (Å²) in [5, 5.41) is 18.2. The van der Waals surface area contributed by atoms with Crippen molar-refractivity contribution in [2.45, 2.75) is 44.4 Å². The maximum atomic E-state index is 12.8. The molecule has 2 aliphatic heterocycles. The fourth-order valence-electron chi connectivity index (χ4n) is 4.67. The van der Waals surface area contributed by atoms with Crippen LogP contribution in [0.4, 0.5) is 0 Å². The molecule has 0 spiro atoms. The van der Waals surface area contributed by atoms with Gasteiger partial charge in [0.15, 0.2) is 0 Å². The van der Waals surface area contributed by atoms with Gasteiger partial charge in [-0.1, -0.05) is 18.2 Å². The van der Waals surface area contributed by atoms with Gasteiger partial charge in [0.2, 0.25) is 0 Å². The van der Waals surface area contributed by atoms with Crippen LogP contribution in [0.3, 0.4) is 0 Å². The lowest BCUT2D eigenvalue weighted by Gasteiger charge is -2.31. The molecular formula is C24H32N6O2. The quantitative estimate of drug-likeness (QED) is 0.548. The van der Waals surface area contributed by atoms with E-state index < -0.39 is 6.10 Å². The predicted molar refractivity (Wildman–Crippen MR) is 125 cm³/mol. The molecule has 1 unspecified atom stereocenters. The number of carbonyl (C=O) groups excluding carboxylic acids is 1. The maximum Gasteiger partial charge on any atom is 0.267 e. The molecule has 2 aromatic rings. The average molecular weight is 437 g/mol. The number of para-hydroxylation sites is 1. The summed E-state index contributed by atoms with van der Waals surface area (Å²) in [6.07, 6.45) is 5.70. The number of H-pyrrole nitrogens is 1. The standard InChI is InChI=1S/C24H32N6O2/c1-29-15-26-23(27-16-5-4-6-16)11-22(29)24(32)25-12-17(31)13-30-10-9-21-19(14-30)18-7-2-3-8-20(18)28-21/h2-3,7-8,11,16-17,28,31H,4-6,9-10,12-15H2,1H3,(H,25,32)(H,26,27). The van der Waals surface area contributed by atoms with Gasteiger partial charge in [-0.05, 0) is 30.9 Å². The molecule has 8 nitrogen and oxygen atoms in total. The Labute approximate surface area is 188 Å². The Kier molecular flexibility index (Phi) is 5.89. The van der Waals surface area contributed by atoms with Crippen LogP contribution in [-0.2, 0) is 17.8 Å². The number of aromatic amines is 1. The molecule has 5 rings (SSSR count). The normalized spacial score (nSPS) is 20.2. The molecule has 4 N–H and O–H groups in total. The molecule has 170 valence electrons. The van der Waals surface area contributed by atoms with Gasteiger partial charge in [-0.3, -0.25) is 9.69 Å². The molecule has 32 heavy (non-hydrogen) atoms. The molecule has 1 amide bonds. The Morgan fingerprint density at radius 1 is 1.34 bits per heavy atom. The minimum atomic E-state index is -0.624. The molecule has 8 heteroatoms. The van der Waals surface area contributed by atoms with Gasteiger partial charge in [-0.15, -0.1) is 0 Å². The third kappa shape index (κ3) is 4.38. The summed E-state index contributed by atoms with van der Waals surface area (Å²) in [7, 11) is 1.86. The van der Waals surface area contributed by atoms with Crippen molar-refractivity contribution in [3.05, 3.63) is 47.3 Å². The number of aliphatic imine (C=N–C) groups is 1. The Bertz CT molecular complexity index is 1050. The summed E-state index contributed by atoms with van der Waals surface area (Å²) in [4.78, 5) is 24.9.